The number of nitrogens with zero attached hydrogens (tertiary/aromatic N) is 4. The maximum atomic E-state index is 15.0. The molecule has 0 saturated heterocycles. The molecule has 31 heavy (non-hydrogen) atoms. The summed E-state index contributed by atoms with van der Waals surface area (Å²) in [7, 11) is 0. The van der Waals surface area contributed by atoms with Crippen LogP contribution in [-0.2, 0) is 0 Å². The van der Waals surface area contributed by atoms with Crippen LogP contribution in [0.1, 0.15) is 5.56 Å². The van der Waals surface area contributed by atoms with E-state index in [1.807, 2.05) is 25.1 Å². The second kappa shape index (κ2) is 6.29. The van der Waals surface area contributed by atoms with Crippen LogP contribution in [-0.4, -0.2) is 19.6 Å². The Morgan fingerprint density at radius 2 is 1.87 bits per heavy atom. The van der Waals surface area contributed by atoms with Crippen molar-refractivity contribution in [3.63, 3.8) is 0 Å². The van der Waals surface area contributed by atoms with Crippen LogP contribution >= 0.6 is 11.6 Å². The summed E-state index contributed by atoms with van der Waals surface area (Å²) >= 11 is 6.63. The number of para-hydroxylation sites is 1. The van der Waals surface area contributed by atoms with Crippen LogP contribution < -0.4 is 11.1 Å². The van der Waals surface area contributed by atoms with Crippen LogP contribution in [0.4, 0.5) is 21.9 Å². The topological polar surface area (TPSA) is 94.3 Å². The van der Waals surface area contributed by atoms with E-state index in [1.54, 1.807) is 28.7 Å². The summed E-state index contributed by atoms with van der Waals surface area (Å²) in [6, 6.07) is 14.1. The lowest BCUT2D eigenvalue weighted by atomic mass is 10.0. The molecule has 9 heteroatoms. The third-order valence-corrected chi connectivity index (χ3v) is 5.74. The summed E-state index contributed by atoms with van der Waals surface area (Å²) in [4.78, 5) is 4.79. The van der Waals surface area contributed by atoms with E-state index < -0.39 is 0 Å². The molecule has 0 amide bonds. The number of nitrogens with two attached hydrogens (primary N) is 1. The lowest BCUT2D eigenvalue weighted by molar-refractivity contribution is 0.590. The van der Waals surface area contributed by atoms with Crippen LogP contribution in [0.2, 0.25) is 5.02 Å². The zero-order valence-electron chi connectivity index (χ0n) is 16.1. The monoisotopic (exact) mass is 432 g/mol. The number of nitrogens with one attached hydrogen (secondary N) is 1. The number of hydrogen-bond acceptors (Lipinski definition) is 6. The highest BCUT2D eigenvalue weighted by molar-refractivity contribution is 6.34. The van der Waals surface area contributed by atoms with Crippen LogP contribution in [0.15, 0.2) is 52.9 Å². The number of halogens is 2. The first kappa shape index (κ1) is 17.9. The van der Waals surface area contributed by atoms with E-state index >= 15 is 4.39 Å². The van der Waals surface area contributed by atoms with Crippen LogP contribution in [0.25, 0.3) is 39.6 Å². The number of aromatic nitrogens is 4. The number of hydrogen-bond donors (Lipinski definition) is 2. The van der Waals surface area contributed by atoms with Gasteiger partial charge in [-0.3, -0.25) is 4.40 Å². The van der Waals surface area contributed by atoms with Gasteiger partial charge in [0.15, 0.2) is 0 Å². The van der Waals surface area contributed by atoms with Gasteiger partial charge in [0.1, 0.15) is 23.0 Å². The van der Waals surface area contributed by atoms with Gasteiger partial charge in [-0.1, -0.05) is 41.0 Å². The Labute approximate surface area is 180 Å². The van der Waals surface area contributed by atoms with Crippen molar-refractivity contribution in [3.05, 3.63) is 64.9 Å². The van der Waals surface area contributed by atoms with Crippen molar-refractivity contribution in [2.75, 3.05) is 11.1 Å². The smallest absolute Gasteiger partial charge is 0.313 e. The molecule has 7 nitrogen and oxygen atoms in total. The molecule has 3 aromatic heterocycles. The summed E-state index contributed by atoms with van der Waals surface area (Å²) < 4.78 is 22.2. The summed E-state index contributed by atoms with van der Waals surface area (Å²) in [6.45, 7) is 1.97. The highest BCUT2D eigenvalue weighted by Gasteiger charge is 2.29. The molecule has 0 aliphatic carbocycles. The average Bonchev–Trinajstić information content (AvgIpc) is 3.35. The molecule has 4 heterocycles. The summed E-state index contributed by atoms with van der Waals surface area (Å²) in [6.07, 6.45) is 0. The fraction of sp³-hybridized carbons (Fsp3) is 0.0455. The van der Waals surface area contributed by atoms with Crippen molar-refractivity contribution in [1.29, 1.82) is 0 Å². The number of aryl methyl sites for hydroxylation is 1. The Bertz CT molecular complexity index is 1520. The number of anilines is 3. The van der Waals surface area contributed by atoms with Gasteiger partial charge in [0.05, 0.1) is 16.4 Å². The second-order valence-corrected chi connectivity index (χ2v) is 7.67. The maximum absolute atomic E-state index is 15.0. The first-order chi connectivity index (χ1) is 15.0. The van der Waals surface area contributed by atoms with Crippen molar-refractivity contribution >= 4 is 34.8 Å². The van der Waals surface area contributed by atoms with Gasteiger partial charge in [-0.25, -0.2) is 9.37 Å². The van der Waals surface area contributed by atoms with Gasteiger partial charge in [-0.05, 0) is 36.8 Å². The highest BCUT2D eigenvalue weighted by atomic mass is 35.5. The molecule has 1 aliphatic heterocycles. The standard InChI is InChI=1S/C22H14ClFN6O/c1-10-4-2-6-12-17(10)27-20-18(26-15-9-8-14(24)19(12)30(15)20)16-11(5-3-7-13(16)23)21-28-29-22(25)31-21/h2-9,27H,1H3,(H2,25,29). The summed E-state index contributed by atoms with van der Waals surface area (Å²) in [5.41, 5.74) is 10.9. The minimum atomic E-state index is -0.338. The van der Waals surface area contributed by atoms with E-state index in [4.69, 9.17) is 26.7 Å². The van der Waals surface area contributed by atoms with Gasteiger partial charge < -0.3 is 15.5 Å². The Morgan fingerprint density at radius 1 is 1.06 bits per heavy atom. The molecule has 0 atom stereocenters. The Kier molecular flexibility index (Phi) is 3.63. The van der Waals surface area contributed by atoms with E-state index in [0.29, 0.717) is 39.0 Å². The quantitative estimate of drug-likeness (QED) is 0.377. The van der Waals surface area contributed by atoms with Gasteiger partial charge in [-0.15, -0.1) is 5.10 Å². The molecule has 6 rings (SSSR count). The largest absolute Gasteiger partial charge is 0.404 e. The van der Waals surface area contributed by atoms with Crippen LogP contribution in [0, 0.1) is 12.7 Å². The normalized spacial score (nSPS) is 12.1. The fourth-order valence-corrected chi connectivity index (χ4v) is 4.35. The first-order valence-electron chi connectivity index (χ1n) is 9.49. The molecular weight excluding hydrogens is 419 g/mol. The van der Waals surface area contributed by atoms with Gasteiger partial charge in [0.2, 0.25) is 5.89 Å². The molecular formula is C22H14ClFN6O. The molecule has 5 aromatic rings. The summed E-state index contributed by atoms with van der Waals surface area (Å²) in [5.74, 6) is 0.487. The highest BCUT2D eigenvalue weighted by Crippen LogP contribution is 2.47. The van der Waals surface area contributed by atoms with Crippen molar-refractivity contribution in [2.24, 2.45) is 0 Å². The molecule has 152 valence electrons. The van der Waals surface area contributed by atoms with Crippen molar-refractivity contribution < 1.29 is 8.81 Å². The molecule has 0 fully saturated rings. The molecule has 1 aliphatic rings. The molecule has 0 spiro atoms. The molecule has 2 aromatic carbocycles. The molecule has 0 bridgehead atoms. The van der Waals surface area contributed by atoms with E-state index in [0.717, 1.165) is 16.8 Å². The Hall–Kier alpha value is -3.91. The molecule has 0 unspecified atom stereocenters. The number of rotatable bonds is 2. The predicted molar refractivity (Wildman–Crippen MR) is 117 cm³/mol. The molecule has 3 N–H and O–H groups in total. The van der Waals surface area contributed by atoms with Gasteiger partial charge in [0, 0.05) is 16.7 Å². The molecule has 0 saturated carbocycles. The summed E-state index contributed by atoms with van der Waals surface area (Å²) in [5, 5.41) is 11.6. The number of imidazole rings is 1. The van der Waals surface area contributed by atoms with E-state index in [2.05, 4.69) is 15.5 Å². The maximum Gasteiger partial charge on any atom is 0.313 e. The minimum absolute atomic E-state index is 0.0516. The zero-order valence-corrected chi connectivity index (χ0v) is 16.9. The minimum Gasteiger partial charge on any atom is -0.404 e. The number of benzene rings is 2. The number of nitrogen functional groups attached to an aromatic ring is 1. The zero-order chi connectivity index (χ0) is 21.3. The van der Waals surface area contributed by atoms with E-state index in [9.17, 15) is 0 Å². The molecule has 0 radical (unpaired) electrons. The van der Waals surface area contributed by atoms with E-state index in [-0.39, 0.29) is 17.7 Å². The number of fused-ring (bicyclic) bond motifs is 2. The Morgan fingerprint density at radius 3 is 2.68 bits per heavy atom. The predicted octanol–water partition coefficient (Wildman–Crippen LogP) is 5.46. The van der Waals surface area contributed by atoms with E-state index in [1.165, 1.54) is 6.07 Å². The SMILES string of the molecule is Cc1cccc2c1Nc1c(-c3c(Cl)cccc3-c3nnc(N)o3)nc3ccc(F)c-2n13. The fourth-order valence-electron chi connectivity index (χ4n) is 4.08. The van der Waals surface area contributed by atoms with Crippen molar-refractivity contribution in [3.8, 4) is 34.0 Å². The van der Waals surface area contributed by atoms with Gasteiger partial charge in [-0.2, -0.15) is 0 Å². The number of pyridine rings is 1. The average molecular weight is 433 g/mol. The Balaban J connectivity index is 1.71. The lowest BCUT2D eigenvalue weighted by Gasteiger charge is -2.23. The van der Waals surface area contributed by atoms with Crippen molar-refractivity contribution in [1.82, 2.24) is 19.6 Å². The third kappa shape index (κ3) is 2.48. The van der Waals surface area contributed by atoms with Crippen LogP contribution in [0.3, 0.4) is 0 Å². The first-order valence-corrected chi connectivity index (χ1v) is 9.87. The van der Waals surface area contributed by atoms with Gasteiger partial charge >= 0.3 is 6.01 Å². The van der Waals surface area contributed by atoms with Gasteiger partial charge in [0.25, 0.3) is 0 Å². The third-order valence-electron chi connectivity index (χ3n) is 5.42. The lowest BCUT2D eigenvalue weighted by Crippen LogP contribution is -2.10. The second-order valence-electron chi connectivity index (χ2n) is 7.26. The van der Waals surface area contributed by atoms with Crippen LogP contribution in [0.5, 0.6) is 0 Å². The van der Waals surface area contributed by atoms with Crippen molar-refractivity contribution in [2.45, 2.75) is 6.92 Å².